The summed E-state index contributed by atoms with van der Waals surface area (Å²) in [5, 5.41) is 20.0. The minimum absolute atomic E-state index is 0.0250. The molecule has 0 aliphatic heterocycles. The van der Waals surface area contributed by atoms with E-state index in [1.807, 2.05) is 19.1 Å². The molecule has 21 heavy (non-hydrogen) atoms. The van der Waals surface area contributed by atoms with Gasteiger partial charge in [-0.1, -0.05) is 33.6 Å². The van der Waals surface area contributed by atoms with E-state index in [1.165, 1.54) is 12.1 Å². The number of nitrogens with zero attached hydrogens (tertiary/aromatic N) is 1. The van der Waals surface area contributed by atoms with Crippen molar-refractivity contribution >= 4 is 21.6 Å². The third kappa shape index (κ3) is 3.80. The van der Waals surface area contributed by atoms with Crippen LogP contribution in [0, 0.1) is 17.0 Å². The molecule has 0 aliphatic rings. The minimum Gasteiger partial charge on any atom is -0.488 e. The number of hydrogen-bond acceptors (Lipinski definition) is 4. The van der Waals surface area contributed by atoms with Gasteiger partial charge in [0.2, 0.25) is 0 Å². The molecular formula is C15H14BrNO4. The van der Waals surface area contributed by atoms with Crippen LogP contribution in [0.5, 0.6) is 5.75 Å². The van der Waals surface area contributed by atoms with Gasteiger partial charge in [-0.15, -0.1) is 0 Å². The van der Waals surface area contributed by atoms with Crippen molar-refractivity contribution in [2.24, 2.45) is 0 Å². The Morgan fingerprint density at radius 1 is 1.24 bits per heavy atom. The molecule has 1 N–H and O–H groups in total. The minimum atomic E-state index is -0.445. The van der Waals surface area contributed by atoms with Crippen LogP contribution in [-0.4, -0.2) is 10.0 Å². The van der Waals surface area contributed by atoms with E-state index in [4.69, 9.17) is 4.74 Å². The summed E-state index contributed by atoms with van der Waals surface area (Å²) in [6.45, 7) is 2.10. The van der Waals surface area contributed by atoms with Gasteiger partial charge in [-0.2, -0.15) is 0 Å². The molecule has 5 nitrogen and oxygen atoms in total. The van der Waals surface area contributed by atoms with E-state index >= 15 is 0 Å². The number of halogens is 1. The van der Waals surface area contributed by atoms with Gasteiger partial charge < -0.3 is 9.84 Å². The first-order valence-electron chi connectivity index (χ1n) is 6.27. The van der Waals surface area contributed by atoms with Crippen molar-refractivity contribution in [1.82, 2.24) is 0 Å². The Balaban J connectivity index is 2.15. The third-order valence-electron chi connectivity index (χ3n) is 3.02. The molecule has 2 rings (SSSR count). The van der Waals surface area contributed by atoms with Crippen LogP contribution in [0.25, 0.3) is 0 Å². The maximum atomic E-state index is 10.7. The fraction of sp³-hybridized carbons (Fsp3) is 0.200. The molecule has 0 aromatic heterocycles. The zero-order chi connectivity index (χ0) is 15.4. The van der Waals surface area contributed by atoms with Crippen molar-refractivity contribution in [2.45, 2.75) is 20.1 Å². The molecule has 0 heterocycles. The van der Waals surface area contributed by atoms with Crippen molar-refractivity contribution in [3.05, 3.63) is 67.7 Å². The maximum absolute atomic E-state index is 10.7. The highest BCUT2D eigenvalue weighted by Crippen LogP contribution is 2.26. The summed E-state index contributed by atoms with van der Waals surface area (Å²) >= 11 is 3.30. The summed E-state index contributed by atoms with van der Waals surface area (Å²) in [7, 11) is 0. The zero-order valence-electron chi connectivity index (χ0n) is 11.4. The van der Waals surface area contributed by atoms with E-state index in [-0.39, 0.29) is 18.9 Å². The van der Waals surface area contributed by atoms with Crippen LogP contribution in [0.15, 0.2) is 40.9 Å². The lowest BCUT2D eigenvalue weighted by atomic mass is 10.1. The van der Waals surface area contributed by atoms with E-state index in [2.05, 4.69) is 15.9 Å². The average molecular weight is 352 g/mol. The molecule has 0 aliphatic carbocycles. The van der Waals surface area contributed by atoms with Crippen molar-refractivity contribution < 1.29 is 14.8 Å². The van der Waals surface area contributed by atoms with Crippen molar-refractivity contribution in [3.8, 4) is 5.75 Å². The molecule has 2 aromatic rings. The van der Waals surface area contributed by atoms with Gasteiger partial charge in [0.25, 0.3) is 5.69 Å². The number of nitro groups is 1. The van der Waals surface area contributed by atoms with Crippen LogP contribution in [-0.2, 0) is 13.2 Å². The van der Waals surface area contributed by atoms with Crippen LogP contribution >= 0.6 is 15.9 Å². The first-order valence-corrected chi connectivity index (χ1v) is 7.06. The lowest BCUT2D eigenvalue weighted by Crippen LogP contribution is -2.00. The number of aryl methyl sites for hydroxylation is 1. The standard InChI is InChI=1S/C15H14BrNO4/c1-10-2-5-15(12(6-10)8-18)21-9-11-3-4-13(17(19)20)7-14(11)16/h2-7,18H,8-9H2,1H3. The van der Waals surface area contributed by atoms with Crippen LogP contribution in [0.1, 0.15) is 16.7 Å². The van der Waals surface area contributed by atoms with Gasteiger partial charge in [0.05, 0.1) is 11.5 Å². The number of aliphatic hydroxyl groups excluding tert-OH is 1. The highest BCUT2D eigenvalue weighted by molar-refractivity contribution is 9.10. The number of aliphatic hydroxyl groups is 1. The van der Waals surface area contributed by atoms with Crippen molar-refractivity contribution in [2.75, 3.05) is 0 Å². The maximum Gasteiger partial charge on any atom is 0.270 e. The summed E-state index contributed by atoms with van der Waals surface area (Å²) < 4.78 is 6.31. The third-order valence-corrected chi connectivity index (χ3v) is 3.76. The smallest absolute Gasteiger partial charge is 0.270 e. The lowest BCUT2D eigenvalue weighted by molar-refractivity contribution is -0.384. The fourth-order valence-electron chi connectivity index (χ4n) is 1.89. The van der Waals surface area contributed by atoms with Gasteiger partial charge in [0, 0.05) is 27.7 Å². The van der Waals surface area contributed by atoms with Crippen LogP contribution in [0.3, 0.4) is 0 Å². The van der Waals surface area contributed by atoms with Gasteiger partial charge in [-0.25, -0.2) is 0 Å². The Bertz CT molecular complexity index is 673. The topological polar surface area (TPSA) is 72.6 Å². The normalized spacial score (nSPS) is 10.4. The Morgan fingerprint density at radius 3 is 2.62 bits per heavy atom. The predicted octanol–water partition coefficient (Wildman–Crippen LogP) is 3.74. The highest BCUT2D eigenvalue weighted by atomic mass is 79.9. The summed E-state index contributed by atoms with van der Waals surface area (Å²) in [5.74, 6) is 0.605. The monoisotopic (exact) mass is 351 g/mol. The van der Waals surface area contributed by atoms with Gasteiger partial charge in [-0.3, -0.25) is 10.1 Å². The van der Waals surface area contributed by atoms with E-state index in [0.29, 0.717) is 15.8 Å². The van der Waals surface area contributed by atoms with Crippen molar-refractivity contribution in [1.29, 1.82) is 0 Å². The van der Waals surface area contributed by atoms with Gasteiger partial charge in [-0.05, 0) is 19.1 Å². The van der Waals surface area contributed by atoms with Gasteiger partial charge >= 0.3 is 0 Å². The summed E-state index contributed by atoms with van der Waals surface area (Å²) in [6, 6.07) is 10.1. The molecule has 0 unspecified atom stereocenters. The molecule has 0 saturated carbocycles. The zero-order valence-corrected chi connectivity index (χ0v) is 13.0. The van der Waals surface area contributed by atoms with E-state index < -0.39 is 4.92 Å². The van der Waals surface area contributed by atoms with E-state index in [1.54, 1.807) is 12.1 Å². The predicted molar refractivity (Wildman–Crippen MR) is 82.2 cm³/mol. The number of hydrogen-bond donors (Lipinski definition) is 1. The first-order chi connectivity index (χ1) is 10.0. The molecule has 110 valence electrons. The quantitative estimate of drug-likeness (QED) is 0.657. The highest BCUT2D eigenvalue weighted by Gasteiger charge is 2.10. The van der Waals surface area contributed by atoms with E-state index in [0.717, 1.165) is 11.1 Å². The first kappa shape index (κ1) is 15.5. The Hall–Kier alpha value is -1.92. The fourth-order valence-corrected chi connectivity index (χ4v) is 2.38. The summed E-state index contributed by atoms with van der Waals surface area (Å²) in [4.78, 5) is 10.2. The molecule has 6 heteroatoms. The summed E-state index contributed by atoms with van der Waals surface area (Å²) in [5.41, 5.74) is 2.58. The van der Waals surface area contributed by atoms with Crippen LogP contribution in [0.2, 0.25) is 0 Å². The van der Waals surface area contributed by atoms with Crippen molar-refractivity contribution in [3.63, 3.8) is 0 Å². The molecule has 0 amide bonds. The number of nitro benzene ring substituents is 1. The second-order valence-electron chi connectivity index (χ2n) is 4.59. The molecule has 0 radical (unpaired) electrons. The molecule has 0 saturated heterocycles. The second-order valence-corrected chi connectivity index (χ2v) is 5.45. The second kappa shape index (κ2) is 6.69. The molecule has 0 atom stereocenters. The average Bonchev–Trinajstić information content (AvgIpc) is 2.46. The Labute approximate surface area is 130 Å². The Kier molecular flexibility index (Phi) is 4.93. The molecular weight excluding hydrogens is 338 g/mol. The van der Waals surface area contributed by atoms with Gasteiger partial charge in [0.15, 0.2) is 0 Å². The Morgan fingerprint density at radius 2 is 2.00 bits per heavy atom. The number of benzene rings is 2. The number of non-ortho nitro benzene ring substituents is 1. The van der Waals surface area contributed by atoms with Gasteiger partial charge in [0.1, 0.15) is 12.4 Å². The SMILES string of the molecule is Cc1ccc(OCc2ccc([N+](=O)[O-])cc2Br)c(CO)c1. The molecule has 0 spiro atoms. The number of rotatable bonds is 5. The lowest BCUT2D eigenvalue weighted by Gasteiger charge is -2.12. The summed E-state index contributed by atoms with van der Waals surface area (Å²) in [6.07, 6.45) is 0. The van der Waals surface area contributed by atoms with E-state index in [9.17, 15) is 15.2 Å². The molecule has 0 bridgehead atoms. The van der Waals surface area contributed by atoms with Crippen LogP contribution in [0.4, 0.5) is 5.69 Å². The van der Waals surface area contributed by atoms with Crippen LogP contribution < -0.4 is 4.74 Å². The molecule has 0 fully saturated rings. The number of ether oxygens (including phenoxy) is 1. The molecule has 2 aromatic carbocycles. The largest absolute Gasteiger partial charge is 0.488 e.